The first-order valence-electron chi connectivity index (χ1n) is 5.78. The number of hydrogen-bond donors (Lipinski definition) is 1. The Labute approximate surface area is 114 Å². The number of hydrogen-bond acceptors (Lipinski definition) is 3. The maximum absolute atomic E-state index is 12.7. The number of rotatable bonds is 4. The molecule has 100 valence electrons. The van der Waals surface area contributed by atoms with Crippen molar-refractivity contribution in [2.45, 2.75) is 6.42 Å². The van der Waals surface area contributed by atoms with Crippen molar-refractivity contribution in [2.75, 3.05) is 11.9 Å². The van der Waals surface area contributed by atoms with Gasteiger partial charge in [-0.25, -0.2) is 9.07 Å². The quantitative estimate of drug-likeness (QED) is 0.935. The van der Waals surface area contributed by atoms with Crippen molar-refractivity contribution in [3.8, 4) is 0 Å². The van der Waals surface area contributed by atoms with E-state index in [1.165, 1.54) is 30.1 Å². The smallest absolute Gasteiger partial charge is 0.287 e. The zero-order valence-electron chi connectivity index (χ0n) is 10.4. The molecule has 0 spiro atoms. The van der Waals surface area contributed by atoms with Gasteiger partial charge >= 0.3 is 0 Å². The molecule has 0 unspecified atom stereocenters. The van der Waals surface area contributed by atoms with Gasteiger partial charge in [0.15, 0.2) is 0 Å². The van der Waals surface area contributed by atoms with Crippen molar-refractivity contribution in [3.05, 3.63) is 57.2 Å². The predicted molar refractivity (Wildman–Crippen MR) is 73.1 cm³/mol. The van der Waals surface area contributed by atoms with Gasteiger partial charge < -0.3 is 5.32 Å². The Morgan fingerprint density at radius 3 is 2.74 bits per heavy atom. The van der Waals surface area contributed by atoms with Gasteiger partial charge in [-0.15, -0.1) is 0 Å². The van der Waals surface area contributed by atoms with Gasteiger partial charge in [0.25, 0.3) is 5.56 Å². The highest BCUT2D eigenvalue weighted by Crippen LogP contribution is 2.14. The SMILES string of the molecule is Cn1ncc(NCCc2ccc(F)cc2)c(Cl)c1=O. The van der Waals surface area contributed by atoms with Gasteiger partial charge in [-0.05, 0) is 24.1 Å². The van der Waals surface area contributed by atoms with Crippen LogP contribution in [0.2, 0.25) is 5.02 Å². The Hall–Kier alpha value is -1.88. The Bertz CT molecular complexity index is 625. The van der Waals surface area contributed by atoms with Crippen molar-refractivity contribution in [2.24, 2.45) is 7.05 Å². The maximum Gasteiger partial charge on any atom is 0.287 e. The van der Waals surface area contributed by atoms with Crippen LogP contribution in [0.1, 0.15) is 5.56 Å². The lowest BCUT2D eigenvalue weighted by atomic mass is 10.1. The monoisotopic (exact) mass is 281 g/mol. The van der Waals surface area contributed by atoms with E-state index in [4.69, 9.17) is 11.6 Å². The van der Waals surface area contributed by atoms with E-state index in [0.29, 0.717) is 18.7 Å². The van der Waals surface area contributed by atoms with Crippen molar-refractivity contribution < 1.29 is 4.39 Å². The minimum absolute atomic E-state index is 0.122. The van der Waals surface area contributed by atoms with E-state index in [1.807, 2.05) is 0 Å². The highest BCUT2D eigenvalue weighted by atomic mass is 35.5. The van der Waals surface area contributed by atoms with Gasteiger partial charge in [0.2, 0.25) is 0 Å². The van der Waals surface area contributed by atoms with E-state index >= 15 is 0 Å². The van der Waals surface area contributed by atoms with E-state index in [0.717, 1.165) is 5.56 Å². The van der Waals surface area contributed by atoms with Crippen molar-refractivity contribution in [1.82, 2.24) is 9.78 Å². The van der Waals surface area contributed by atoms with Gasteiger partial charge in [-0.1, -0.05) is 23.7 Å². The largest absolute Gasteiger partial charge is 0.382 e. The van der Waals surface area contributed by atoms with Crippen molar-refractivity contribution in [1.29, 1.82) is 0 Å². The van der Waals surface area contributed by atoms with Crippen molar-refractivity contribution >= 4 is 17.3 Å². The minimum Gasteiger partial charge on any atom is -0.382 e. The number of nitrogens with one attached hydrogen (secondary N) is 1. The van der Waals surface area contributed by atoms with Crippen LogP contribution in [0.5, 0.6) is 0 Å². The summed E-state index contributed by atoms with van der Waals surface area (Å²) >= 11 is 5.92. The zero-order chi connectivity index (χ0) is 13.8. The molecule has 0 amide bonds. The Kier molecular flexibility index (Phi) is 4.16. The molecule has 2 aromatic rings. The third-order valence-corrected chi connectivity index (χ3v) is 3.09. The number of nitrogens with zero attached hydrogens (tertiary/aromatic N) is 2. The number of benzene rings is 1. The van der Waals surface area contributed by atoms with Gasteiger partial charge in [0, 0.05) is 13.6 Å². The van der Waals surface area contributed by atoms with Gasteiger partial charge in [-0.2, -0.15) is 5.10 Å². The molecule has 0 radical (unpaired) electrons. The average molecular weight is 282 g/mol. The number of aromatic nitrogens is 2. The van der Waals surface area contributed by atoms with Crippen LogP contribution in [-0.4, -0.2) is 16.3 Å². The standard InChI is InChI=1S/C13H13ClFN3O/c1-18-13(19)12(14)11(8-17-18)16-7-6-9-2-4-10(15)5-3-9/h2-5,8,16H,6-7H2,1H3. The summed E-state index contributed by atoms with van der Waals surface area (Å²) in [7, 11) is 1.54. The van der Waals surface area contributed by atoms with E-state index in [1.54, 1.807) is 12.1 Å². The molecule has 0 aliphatic carbocycles. The summed E-state index contributed by atoms with van der Waals surface area (Å²) < 4.78 is 13.9. The molecule has 0 bridgehead atoms. The highest BCUT2D eigenvalue weighted by molar-refractivity contribution is 6.32. The molecule has 1 heterocycles. The third kappa shape index (κ3) is 3.32. The van der Waals surface area contributed by atoms with Gasteiger partial charge in [-0.3, -0.25) is 4.79 Å². The fourth-order valence-electron chi connectivity index (χ4n) is 1.63. The van der Waals surface area contributed by atoms with Crippen LogP contribution in [0.15, 0.2) is 35.3 Å². The molecule has 1 aromatic heterocycles. The molecule has 0 aliphatic rings. The molecule has 1 aromatic carbocycles. The molecular weight excluding hydrogens is 269 g/mol. The maximum atomic E-state index is 12.7. The first-order chi connectivity index (χ1) is 9.08. The van der Waals surface area contributed by atoms with E-state index < -0.39 is 0 Å². The van der Waals surface area contributed by atoms with E-state index in [2.05, 4.69) is 10.4 Å². The van der Waals surface area contributed by atoms with Crippen LogP contribution < -0.4 is 10.9 Å². The summed E-state index contributed by atoms with van der Waals surface area (Å²) in [6.45, 7) is 0.584. The van der Waals surface area contributed by atoms with Crippen LogP contribution in [0.25, 0.3) is 0 Å². The van der Waals surface area contributed by atoms with Crippen LogP contribution >= 0.6 is 11.6 Å². The highest BCUT2D eigenvalue weighted by Gasteiger charge is 2.06. The fourth-order valence-corrected chi connectivity index (χ4v) is 1.86. The molecule has 1 N–H and O–H groups in total. The molecule has 0 atom stereocenters. The second-order valence-electron chi connectivity index (χ2n) is 4.10. The van der Waals surface area contributed by atoms with Gasteiger partial charge in [0.1, 0.15) is 10.8 Å². The van der Waals surface area contributed by atoms with Gasteiger partial charge in [0.05, 0.1) is 11.9 Å². The normalized spacial score (nSPS) is 10.5. The summed E-state index contributed by atoms with van der Waals surface area (Å²) in [6, 6.07) is 6.28. The summed E-state index contributed by atoms with van der Waals surface area (Å²) in [5.74, 6) is -0.254. The molecule has 0 saturated heterocycles. The Balaban J connectivity index is 1.98. The second kappa shape index (κ2) is 5.84. The zero-order valence-corrected chi connectivity index (χ0v) is 11.1. The van der Waals surface area contributed by atoms with E-state index in [-0.39, 0.29) is 16.4 Å². The Morgan fingerprint density at radius 1 is 1.37 bits per heavy atom. The summed E-state index contributed by atoms with van der Waals surface area (Å²) in [5, 5.41) is 7.05. The number of aryl methyl sites for hydroxylation is 1. The predicted octanol–water partition coefficient (Wildman–Crippen LogP) is 2.23. The van der Waals surface area contributed by atoms with Crippen molar-refractivity contribution in [3.63, 3.8) is 0 Å². The lowest BCUT2D eigenvalue weighted by molar-refractivity contribution is 0.627. The average Bonchev–Trinajstić information content (AvgIpc) is 2.41. The van der Waals surface area contributed by atoms with E-state index in [9.17, 15) is 9.18 Å². The second-order valence-corrected chi connectivity index (χ2v) is 4.48. The summed E-state index contributed by atoms with van der Waals surface area (Å²) in [6.07, 6.45) is 2.21. The molecule has 0 aliphatic heterocycles. The third-order valence-electron chi connectivity index (χ3n) is 2.72. The first kappa shape index (κ1) is 13.5. The Morgan fingerprint density at radius 2 is 2.05 bits per heavy atom. The molecule has 19 heavy (non-hydrogen) atoms. The molecule has 4 nitrogen and oxygen atoms in total. The number of halogens is 2. The van der Waals surface area contributed by atoms with Crippen LogP contribution in [-0.2, 0) is 13.5 Å². The first-order valence-corrected chi connectivity index (χ1v) is 6.16. The molecular formula is C13H13ClFN3O. The molecule has 2 rings (SSSR count). The summed E-state index contributed by atoms with van der Waals surface area (Å²) in [4.78, 5) is 11.5. The van der Waals surface area contributed by atoms with Crippen LogP contribution in [0.4, 0.5) is 10.1 Å². The lowest BCUT2D eigenvalue weighted by Gasteiger charge is -2.08. The lowest BCUT2D eigenvalue weighted by Crippen LogP contribution is -2.21. The summed E-state index contributed by atoms with van der Waals surface area (Å²) in [5.41, 5.74) is 1.17. The van der Waals surface area contributed by atoms with Crippen LogP contribution in [0, 0.1) is 5.82 Å². The number of anilines is 1. The molecule has 0 saturated carbocycles. The fraction of sp³-hybridized carbons (Fsp3) is 0.231. The minimum atomic E-state index is -0.339. The molecule has 6 heteroatoms. The van der Waals surface area contributed by atoms with Crippen LogP contribution in [0.3, 0.4) is 0 Å². The topological polar surface area (TPSA) is 46.9 Å². The molecule has 0 fully saturated rings.